The summed E-state index contributed by atoms with van der Waals surface area (Å²) >= 11 is 0. The van der Waals surface area contributed by atoms with Crippen molar-refractivity contribution in [2.75, 3.05) is 32.7 Å². The van der Waals surface area contributed by atoms with Crippen molar-refractivity contribution in [3.8, 4) is 0 Å². The Balaban J connectivity index is 1.49. The molecule has 2 fully saturated rings. The molecule has 0 unspecified atom stereocenters. The van der Waals surface area contributed by atoms with Gasteiger partial charge in [0.25, 0.3) is 0 Å². The number of nitrogens with two attached hydrogens (primary N) is 1. The molecule has 0 radical (unpaired) electrons. The predicted molar refractivity (Wildman–Crippen MR) is 89.7 cm³/mol. The molecule has 1 saturated heterocycles. The Labute approximate surface area is 136 Å². The molecule has 2 amide bonds. The quantitative estimate of drug-likeness (QED) is 0.835. The van der Waals surface area contributed by atoms with E-state index < -0.39 is 5.91 Å². The van der Waals surface area contributed by atoms with Crippen LogP contribution >= 0.6 is 0 Å². The van der Waals surface area contributed by atoms with Gasteiger partial charge < -0.3 is 10.6 Å². The highest BCUT2D eigenvalue weighted by Crippen LogP contribution is 2.29. The van der Waals surface area contributed by atoms with E-state index in [4.69, 9.17) is 5.73 Å². The molecule has 1 heterocycles. The molecule has 0 atom stereocenters. The van der Waals surface area contributed by atoms with Crippen molar-refractivity contribution < 1.29 is 9.59 Å². The monoisotopic (exact) mass is 313 g/mol. The number of nitrogens with zero attached hydrogens (tertiary/aromatic N) is 2. The van der Waals surface area contributed by atoms with E-state index in [1.54, 1.807) is 36.4 Å². The fourth-order valence-electron chi connectivity index (χ4n) is 2.85. The Hall–Kier alpha value is -2.14. The zero-order valence-electron chi connectivity index (χ0n) is 13.3. The van der Waals surface area contributed by atoms with E-state index in [0.29, 0.717) is 5.56 Å². The van der Waals surface area contributed by atoms with E-state index in [2.05, 4.69) is 4.90 Å². The van der Waals surface area contributed by atoms with Gasteiger partial charge in [-0.1, -0.05) is 12.1 Å². The van der Waals surface area contributed by atoms with Crippen LogP contribution in [0, 0.1) is 5.92 Å². The number of carbonyl (C=O) groups is 2. The molecular formula is C18H23N3O2. The van der Waals surface area contributed by atoms with Crippen molar-refractivity contribution >= 4 is 17.9 Å². The molecule has 1 aliphatic heterocycles. The molecule has 2 N–H and O–H groups in total. The summed E-state index contributed by atoms with van der Waals surface area (Å²) in [6.45, 7) is 4.75. The SMILES string of the molecule is NC(=O)c1ccc(/C=C/C(=O)N2CCN(CC3CC3)CC2)cc1. The highest BCUT2D eigenvalue weighted by molar-refractivity contribution is 5.94. The molecule has 2 aliphatic rings. The number of primary amides is 1. The van der Waals surface area contributed by atoms with Gasteiger partial charge in [-0.2, -0.15) is 0 Å². The second kappa shape index (κ2) is 6.96. The Kier molecular flexibility index (Phi) is 4.76. The van der Waals surface area contributed by atoms with Gasteiger partial charge in [-0.05, 0) is 42.5 Å². The van der Waals surface area contributed by atoms with Crippen molar-refractivity contribution in [3.63, 3.8) is 0 Å². The first-order valence-corrected chi connectivity index (χ1v) is 8.21. The Bertz CT molecular complexity index is 597. The molecule has 0 spiro atoms. The lowest BCUT2D eigenvalue weighted by Crippen LogP contribution is -2.48. The molecule has 1 aliphatic carbocycles. The molecule has 0 bridgehead atoms. The largest absolute Gasteiger partial charge is 0.366 e. The second-order valence-corrected chi connectivity index (χ2v) is 6.39. The first-order valence-electron chi connectivity index (χ1n) is 8.21. The first-order chi connectivity index (χ1) is 11.1. The fourth-order valence-corrected chi connectivity index (χ4v) is 2.85. The molecular weight excluding hydrogens is 290 g/mol. The number of carbonyl (C=O) groups excluding carboxylic acids is 2. The third-order valence-electron chi connectivity index (χ3n) is 4.51. The van der Waals surface area contributed by atoms with Crippen LogP contribution in [-0.2, 0) is 4.79 Å². The van der Waals surface area contributed by atoms with Gasteiger partial charge in [0.1, 0.15) is 0 Å². The molecule has 0 aromatic heterocycles. The van der Waals surface area contributed by atoms with Gasteiger partial charge in [-0.15, -0.1) is 0 Å². The smallest absolute Gasteiger partial charge is 0.248 e. The minimum atomic E-state index is -0.444. The normalized spacial score (nSPS) is 19.2. The van der Waals surface area contributed by atoms with Crippen LogP contribution in [0.5, 0.6) is 0 Å². The van der Waals surface area contributed by atoms with Gasteiger partial charge in [0, 0.05) is 44.4 Å². The average molecular weight is 313 g/mol. The summed E-state index contributed by atoms with van der Waals surface area (Å²) in [4.78, 5) is 27.6. The predicted octanol–water partition coefficient (Wildman–Crippen LogP) is 1.35. The lowest BCUT2D eigenvalue weighted by atomic mass is 10.1. The topological polar surface area (TPSA) is 66.6 Å². The van der Waals surface area contributed by atoms with Crippen molar-refractivity contribution in [1.82, 2.24) is 9.80 Å². The number of benzene rings is 1. The van der Waals surface area contributed by atoms with Crippen LogP contribution in [0.15, 0.2) is 30.3 Å². The van der Waals surface area contributed by atoms with E-state index in [-0.39, 0.29) is 5.91 Å². The van der Waals surface area contributed by atoms with Gasteiger partial charge in [-0.3, -0.25) is 14.5 Å². The van der Waals surface area contributed by atoms with E-state index >= 15 is 0 Å². The van der Waals surface area contributed by atoms with E-state index in [1.165, 1.54) is 19.4 Å². The summed E-state index contributed by atoms with van der Waals surface area (Å²) in [5.74, 6) is 0.510. The maximum Gasteiger partial charge on any atom is 0.248 e. The maximum absolute atomic E-state index is 12.2. The highest BCUT2D eigenvalue weighted by Gasteiger charge is 2.27. The minimum absolute atomic E-state index is 0.0510. The zero-order valence-corrected chi connectivity index (χ0v) is 13.3. The number of rotatable bonds is 5. The molecule has 1 aromatic carbocycles. The number of hydrogen-bond acceptors (Lipinski definition) is 3. The van der Waals surface area contributed by atoms with Gasteiger partial charge in [0.2, 0.25) is 11.8 Å². The molecule has 1 saturated carbocycles. The molecule has 5 heteroatoms. The van der Waals surface area contributed by atoms with Crippen LogP contribution in [0.3, 0.4) is 0 Å². The zero-order chi connectivity index (χ0) is 16.2. The molecule has 122 valence electrons. The van der Waals surface area contributed by atoms with Crippen molar-refractivity contribution in [3.05, 3.63) is 41.5 Å². The van der Waals surface area contributed by atoms with E-state index in [0.717, 1.165) is 37.7 Å². The van der Waals surface area contributed by atoms with Gasteiger partial charge in [0.05, 0.1) is 0 Å². The minimum Gasteiger partial charge on any atom is -0.366 e. The molecule has 1 aromatic rings. The van der Waals surface area contributed by atoms with Crippen molar-refractivity contribution in [2.24, 2.45) is 11.7 Å². The molecule has 3 rings (SSSR count). The van der Waals surface area contributed by atoms with E-state index in [1.807, 2.05) is 4.90 Å². The van der Waals surface area contributed by atoms with Gasteiger partial charge in [-0.25, -0.2) is 0 Å². The average Bonchev–Trinajstić information content (AvgIpc) is 3.37. The fraction of sp³-hybridized carbons (Fsp3) is 0.444. The summed E-state index contributed by atoms with van der Waals surface area (Å²) in [6, 6.07) is 6.92. The Morgan fingerprint density at radius 1 is 1.09 bits per heavy atom. The summed E-state index contributed by atoms with van der Waals surface area (Å²) in [5.41, 5.74) is 6.56. The number of amides is 2. The second-order valence-electron chi connectivity index (χ2n) is 6.39. The van der Waals surface area contributed by atoms with Gasteiger partial charge >= 0.3 is 0 Å². The Morgan fingerprint density at radius 2 is 1.74 bits per heavy atom. The molecule has 23 heavy (non-hydrogen) atoms. The van der Waals surface area contributed by atoms with E-state index in [9.17, 15) is 9.59 Å². The van der Waals surface area contributed by atoms with Crippen molar-refractivity contribution in [2.45, 2.75) is 12.8 Å². The van der Waals surface area contributed by atoms with Crippen LogP contribution in [0.4, 0.5) is 0 Å². The first kappa shape index (κ1) is 15.7. The third-order valence-corrected chi connectivity index (χ3v) is 4.51. The van der Waals surface area contributed by atoms with Crippen molar-refractivity contribution in [1.29, 1.82) is 0 Å². The summed E-state index contributed by atoms with van der Waals surface area (Å²) < 4.78 is 0. The van der Waals surface area contributed by atoms with Crippen LogP contribution in [0.2, 0.25) is 0 Å². The van der Waals surface area contributed by atoms with Crippen LogP contribution in [0.1, 0.15) is 28.8 Å². The lowest BCUT2D eigenvalue weighted by Gasteiger charge is -2.34. The maximum atomic E-state index is 12.2. The highest BCUT2D eigenvalue weighted by atomic mass is 16.2. The van der Waals surface area contributed by atoms with Crippen LogP contribution in [-0.4, -0.2) is 54.3 Å². The number of piperazine rings is 1. The number of hydrogen-bond donors (Lipinski definition) is 1. The Morgan fingerprint density at radius 3 is 2.30 bits per heavy atom. The van der Waals surface area contributed by atoms with Crippen LogP contribution in [0.25, 0.3) is 6.08 Å². The van der Waals surface area contributed by atoms with Gasteiger partial charge in [0.15, 0.2) is 0 Å². The third kappa shape index (κ3) is 4.42. The lowest BCUT2D eigenvalue weighted by molar-refractivity contribution is -0.127. The summed E-state index contributed by atoms with van der Waals surface area (Å²) in [5, 5.41) is 0. The standard InChI is InChI=1S/C18H23N3O2/c19-18(23)16-6-3-14(4-7-16)5-8-17(22)21-11-9-20(10-12-21)13-15-1-2-15/h3-8,15H,1-2,9-13H2,(H2,19,23)/b8-5+. The van der Waals surface area contributed by atoms with Crippen LogP contribution < -0.4 is 5.73 Å². The summed E-state index contributed by atoms with van der Waals surface area (Å²) in [6.07, 6.45) is 6.13. The molecule has 5 nitrogen and oxygen atoms in total. The summed E-state index contributed by atoms with van der Waals surface area (Å²) in [7, 11) is 0.